The Morgan fingerprint density at radius 3 is 2.72 bits per heavy atom. The van der Waals surface area contributed by atoms with Gasteiger partial charge in [0.25, 0.3) is 0 Å². The van der Waals surface area contributed by atoms with Crippen LogP contribution in [0.3, 0.4) is 0 Å². The normalized spacial score (nSPS) is 33.7. The van der Waals surface area contributed by atoms with Gasteiger partial charge in [0.2, 0.25) is 5.91 Å². The van der Waals surface area contributed by atoms with Crippen molar-refractivity contribution < 1.29 is 14.7 Å². The van der Waals surface area contributed by atoms with Crippen LogP contribution < -0.4 is 5.32 Å². The van der Waals surface area contributed by atoms with Crippen molar-refractivity contribution in [2.75, 3.05) is 24.7 Å². The van der Waals surface area contributed by atoms with Crippen LogP contribution in [0.4, 0.5) is 0 Å². The van der Waals surface area contributed by atoms with E-state index in [0.29, 0.717) is 11.6 Å². The molecule has 3 fully saturated rings. The second-order valence-electron chi connectivity index (χ2n) is 5.53. The molecule has 100 valence electrons. The molecule has 1 spiro atoms. The molecule has 18 heavy (non-hydrogen) atoms. The third kappa shape index (κ3) is 1.91. The van der Waals surface area contributed by atoms with Crippen LogP contribution in [0.15, 0.2) is 0 Å². The number of thioether (sulfide) groups is 1. The van der Waals surface area contributed by atoms with Crippen molar-refractivity contribution in [1.29, 1.82) is 0 Å². The molecule has 2 heterocycles. The van der Waals surface area contributed by atoms with Gasteiger partial charge in [0.1, 0.15) is 6.04 Å². The Labute approximate surface area is 110 Å². The second kappa shape index (κ2) is 4.42. The number of nitrogens with one attached hydrogen (secondary N) is 1. The van der Waals surface area contributed by atoms with Gasteiger partial charge < -0.3 is 15.3 Å². The van der Waals surface area contributed by atoms with Crippen molar-refractivity contribution in [2.45, 2.75) is 25.3 Å². The highest BCUT2D eigenvalue weighted by molar-refractivity contribution is 7.99. The maximum atomic E-state index is 12.4. The lowest BCUT2D eigenvalue weighted by Crippen LogP contribution is -2.43. The largest absolute Gasteiger partial charge is 0.480 e. The summed E-state index contributed by atoms with van der Waals surface area (Å²) in [6.45, 7) is 1.97. The average Bonchev–Trinajstić information content (AvgIpc) is 2.86. The Morgan fingerprint density at radius 1 is 1.33 bits per heavy atom. The molecule has 0 bridgehead atoms. The Balaban J connectivity index is 1.67. The van der Waals surface area contributed by atoms with Gasteiger partial charge in [-0.15, -0.1) is 11.8 Å². The summed E-state index contributed by atoms with van der Waals surface area (Å²) in [6, 6.07) is -0.609. The molecule has 3 rings (SSSR count). The van der Waals surface area contributed by atoms with E-state index in [-0.39, 0.29) is 17.2 Å². The first-order valence-corrected chi connectivity index (χ1v) is 7.61. The van der Waals surface area contributed by atoms with Crippen LogP contribution in [-0.2, 0) is 9.59 Å². The smallest absolute Gasteiger partial charge is 0.327 e. The summed E-state index contributed by atoms with van der Waals surface area (Å²) in [5, 5.41) is 12.4. The summed E-state index contributed by atoms with van der Waals surface area (Å²) in [5.74, 6) is 0.367. The standard InChI is InChI=1S/C12H18N2O3S/c15-10(14-7-18-6-9(14)11(16)17)8-5-12(8)1-3-13-4-2-12/h8-9,13H,1-7H2,(H,16,17)/t8?,9-/m0/s1. The number of hydrogen-bond donors (Lipinski definition) is 2. The summed E-state index contributed by atoms with van der Waals surface area (Å²) < 4.78 is 0. The Morgan fingerprint density at radius 2 is 2.06 bits per heavy atom. The van der Waals surface area contributed by atoms with Gasteiger partial charge in [-0.3, -0.25) is 4.79 Å². The van der Waals surface area contributed by atoms with Gasteiger partial charge in [-0.05, 0) is 37.8 Å². The Kier molecular flexibility index (Phi) is 3.02. The van der Waals surface area contributed by atoms with Gasteiger partial charge in [-0.2, -0.15) is 0 Å². The fourth-order valence-electron chi connectivity index (χ4n) is 3.24. The number of hydrogen-bond acceptors (Lipinski definition) is 4. The zero-order valence-corrected chi connectivity index (χ0v) is 11.0. The summed E-state index contributed by atoms with van der Waals surface area (Å²) in [4.78, 5) is 25.1. The lowest BCUT2D eigenvalue weighted by atomic mass is 9.91. The fraction of sp³-hybridized carbons (Fsp3) is 0.833. The molecule has 0 aromatic heterocycles. The number of amides is 1. The van der Waals surface area contributed by atoms with E-state index >= 15 is 0 Å². The molecule has 1 saturated carbocycles. The molecule has 3 aliphatic rings. The maximum Gasteiger partial charge on any atom is 0.327 e. The predicted molar refractivity (Wildman–Crippen MR) is 68.2 cm³/mol. The van der Waals surface area contributed by atoms with Crippen molar-refractivity contribution in [3.8, 4) is 0 Å². The molecule has 5 nitrogen and oxygen atoms in total. The lowest BCUT2D eigenvalue weighted by Gasteiger charge is -2.26. The molecule has 6 heteroatoms. The third-order valence-corrected chi connectivity index (χ3v) is 5.55. The van der Waals surface area contributed by atoms with E-state index in [4.69, 9.17) is 5.11 Å². The quantitative estimate of drug-likeness (QED) is 0.758. The van der Waals surface area contributed by atoms with Crippen molar-refractivity contribution >= 4 is 23.6 Å². The van der Waals surface area contributed by atoms with Crippen LogP contribution in [0.5, 0.6) is 0 Å². The summed E-state index contributed by atoms with van der Waals surface area (Å²) in [6.07, 6.45) is 3.07. The van der Waals surface area contributed by atoms with Gasteiger partial charge in [-0.25, -0.2) is 4.79 Å². The SMILES string of the molecule is O=C(O)[C@@H]1CSCN1C(=O)C1CC12CCNCC2. The first kappa shape index (κ1) is 12.3. The summed E-state index contributed by atoms with van der Waals surface area (Å²) in [5.41, 5.74) is 0.193. The second-order valence-corrected chi connectivity index (χ2v) is 6.53. The molecule has 0 aromatic rings. The summed E-state index contributed by atoms with van der Waals surface area (Å²) >= 11 is 1.54. The number of carbonyl (C=O) groups excluding carboxylic acids is 1. The predicted octanol–water partition coefficient (Wildman–Crippen LogP) is 0.362. The van der Waals surface area contributed by atoms with Crippen molar-refractivity contribution in [3.63, 3.8) is 0 Å². The zero-order chi connectivity index (χ0) is 12.8. The molecule has 1 aliphatic carbocycles. The monoisotopic (exact) mass is 270 g/mol. The van der Waals surface area contributed by atoms with E-state index in [2.05, 4.69) is 5.32 Å². The molecule has 2 atom stereocenters. The topological polar surface area (TPSA) is 69.6 Å². The first-order chi connectivity index (χ1) is 8.64. The van der Waals surface area contributed by atoms with Crippen LogP contribution in [0, 0.1) is 11.3 Å². The van der Waals surface area contributed by atoms with E-state index in [0.717, 1.165) is 32.4 Å². The highest BCUT2D eigenvalue weighted by atomic mass is 32.2. The Hall–Kier alpha value is -0.750. The van der Waals surface area contributed by atoms with Crippen molar-refractivity contribution in [2.24, 2.45) is 11.3 Å². The van der Waals surface area contributed by atoms with Crippen LogP contribution >= 0.6 is 11.8 Å². The minimum atomic E-state index is -0.867. The highest BCUT2D eigenvalue weighted by Crippen LogP contribution is 2.59. The van der Waals surface area contributed by atoms with Gasteiger partial charge in [-0.1, -0.05) is 0 Å². The zero-order valence-electron chi connectivity index (χ0n) is 10.2. The molecular weight excluding hydrogens is 252 g/mol. The van der Waals surface area contributed by atoms with Crippen molar-refractivity contribution in [1.82, 2.24) is 10.2 Å². The number of rotatable bonds is 2. The van der Waals surface area contributed by atoms with Crippen LogP contribution in [0.2, 0.25) is 0 Å². The maximum absolute atomic E-state index is 12.4. The number of piperidine rings is 1. The van der Waals surface area contributed by atoms with E-state index < -0.39 is 12.0 Å². The summed E-state index contributed by atoms with van der Waals surface area (Å²) in [7, 11) is 0. The lowest BCUT2D eigenvalue weighted by molar-refractivity contribution is -0.148. The molecular formula is C12H18N2O3S. The minimum absolute atomic E-state index is 0.0781. The highest BCUT2D eigenvalue weighted by Gasteiger charge is 2.59. The molecule has 0 aromatic carbocycles. The minimum Gasteiger partial charge on any atom is -0.480 e. The van der Waals surface area contributed by atoms with Crippen molar-refractivity contribution in [3.05, 3.63) is 0 Å². The molecule has 2 N–H and O–H groups in total. The molecule has 1 unspecified atom stereocenters. The molecule has 2 aliphatic heterocycles. The fourth-order valence-corrected chi connectivity index (χ4v) is 4.39. The van der Waals surface area contributed by atoms with Gasteiger partial charge >= 0.3 is 5.97 Å². The van der Waals surface area contributed by atoms with E-state index in [1.165, 1.54) is 11.8 Å². The number of carbonyl (C=O) groups is 2. The third-order valence-electron chi connectivity index (χ3n) is 4.54. The first-order valence-electron chi connectivity index (χ1n) is 6.46. The molecule has 1 amide bonds. The number of nitrogens with zero attached hydrogens (tertiary/aromatic N) is 1. The van der Waals surface area contributed by atoms with Gasteiger partial charge in [0, 0.05) is 11.7 Å². The Bertz CT molecular complexity index is 382. The molecule has 0 radical (unpaired) electrons. The van der Waals surface area contributed by atoms with Gasteiger partial charge in [0.05, 0.1) is 5.88 Å². The van der Waals surface area contributed by atoms with Gasteiger partial charge in [0.15, 0.2) is 0 Å². The number of carboxylic acid groups (broad SMARTS) is 1. The molecule has 2 saturated heterocycles. The number of aliphatic carboxylic acids is 1. The average molecular weight is 270 g/mol. The van der Waals surface area contributed by atoms with Crippen LogP contribution in [0.25, 0.3) is 0 Å². The van der Waals surface area contributed by atoms with E-state index in [9.17, 15) is 9.59 Å². The number of carboxylic acids is 1. The van der Waals surface area contributed by atoms with Crippen LogP contribution in [0.1, 0.15) is 19.3 Å². The van der Waals surface area contributed by atoms with E-state index in [1.807, 2.05) is 0 Å². The van der Waals surface area contributed by atoms with Crippen LogP contribution in [-0.4, -0.2) is 52.6 Å². The van der Waals surface area contributed by atoms with E-state index in [1.54, 1.807) is 4.90 Å².